The molecule has 0 fully saturated rings. The molecule has 0 radical (unpaired) electrons. The number of benzene rings is 1. The van der Waals surface area contributed by atoms with Crippen LogP contribution in [-0.4, -0.2) is 12.9 Å². The molecule has 0 N–H and O–H groups in total. The first-order valence-electron chi connectivity index (χ1n) is 4.15. The second kappa shape index (κ2) is 6.19. The summed E-state index contributed by atoms with van der Waals surface area (Å²) >= 11 is 3.31. The van der Waals surface area contributed by atoms with E-state index in [-0.39, 0.29) is 13.2 Å². The summed E-state index contributed by atoms with van der Waals surface area (Å²) in [6.45, 7) is 1.19. The summed E-state index contributed by atoms with van der Waals surface area (Å²) in [4.78, 5) is 20.0. The third-order valence-corrected chi connectivity index (χ3v) is 2.11. The van der Waals surface area contributed by atoms with Gasteiger partial charge in [-0.05, 0) is 29.3 Å². The molecular weight excluding hydrogens is 264 g/mol. The fourth-order valence-electron chi connectivity index (χ4n) is 1.14. The molecule has 1 aromatic carbocycles. The molecule has 0 aliphatic heterocycles. The Bertz CT molecular complexity index is 321. The maximum absolute atomic E-state index is 10.0. The Morgan fingerprint density at radius 3 is 1.87 bits per heavy atom. The largest absolute Gasteiger partial charge is 0.463 e. The van der Waals surface area contributed by atoms with Gasteiger partial charge in [0.05, 0.1) is 0 Å². The van der Waals surface area contributed by atoms with Crippen LogP contribution in [-0.2, 0) is 32.3 Å². The van der Waals surface area contributed by atoms with E-state index in [1.165, 1.54) is 0 Å². The van der Waals surface area contributed by atoms with Crippen molar-refractivity contribution in [1.29, 1.82) is 0 Å². The maximum Gasteiger partial charge on any atom is 0.293 e. The van der Waals surface area contributed by atoms with Crippen molar-refractivity contribution in [3.8, 4) is 0 Å². The molecule has 0 aromatic heterocycles. The molecular formula is C10H9BrO4. The number of carbonyl (C=O) groups excluding carboxylic acids is 2. The van der Waals surface area contributed by atoms with E-state index in [9.17, 15) is 9.59 Å². The van der Waals surface area contributed by atoms with Gasteiger partial charge in [-0.15, -0.1) is 0 Å². The Kier molecular flexibility index (Phi) is 4.83. The van der Waals surface area contributed by atoms with Crippen LogP contribution in [0.2, 0.25) is 0 Å². The van der Waals surface area contributed by atoms with E-state index in [1.54, 1.807) is 6.07 Å². The maximum atomic E-state index is 10.0. The van der Waals surface area contributed by atoms with Gasteiger partial charge in [0.1, 0.15) is 13.2 Å². The lowest BCUT2D eigenvalue weighted by atomic mass is 10.1. The summed E-state index contributed by atoms with van der Waals surface area (Å²) in [5.41, 5.74) is 1.67. The van der Waals surface area contributed by atoms with Gasteiger partial charge >= 0.3 is 0 Å². The predicted molar refractivity (Wildman–Crippen MR) is 55.8 cm³/mol. The lowest BCUT2D eigenvalue weighted by molar-refractivity contribution is -0.130. The minimum absolute atomic E-state index is 0.205. The van der Waals surface area contributed by atoms with Gasteiger partial charge in [-0.3, -0.25) is 9.59 Å². The van der Waals surface area contributed by atoms with Crippen molar-refractivity contribution in [3.05, 3.63) is 33.8 Å². The number of ether oxygens (including phenoxy) is 2. The zero-order chi connectivity index (χ0) is 11.1. The van der Waals surface area contributed by atoms with Gasteiger partial charge in [0.2, 0.25) is 0 Å². The monoisotopic (exact) mass is 272 g/mol. The smallest absolute Gasteiger partial charge is 0.293 e. The molecule has 0 unspecified atom stereocenters. The number of halogens is 1. The van der Waals surface area contributed by atoms with Crippen molar-refractivity contribution >= 4 is 28.9 Å². The van der Waals surface area contributed by atoms with E-state index < -0.39 is 0 Å². The summed E-state index contributed by atoms with van der Waals surface area (Å²) in [6, 6.07) is 5.46. The number of hydrogen-bond donors (Lipinski definition) is 0. The molecule has 4 nitrogen and oxygen atoms in total. The Hall–Kier alpha value is -1.36. The zero-order valence-electron chi connectivity index (χ0n) is 7.81. The Morgan fingerprint density at radius 1 is 1.00 bits per heavy atom. The highest BCUT2D eigenvalue weighted by atomic mass is 79.9. The molecule has 0 aliphatic rings. The normalized spacial score (nSPS) is 9.40. The third-order valence-electron chi connectivity index (χ3n) is 1.65. The molecule has 0 atom stereocenters. The van der Waals surface area contributed by atoms with E-state index in [2.05, 4.69) is 25.4 Å². The zero-order valence-corrected chi connectivity index (χ0v) is 9.40. The fraction of sp³-hybridized carbons (Fsp3) is 0.200. The summed E-state index contributed by atoms with van der Waals surface area (Å²) in [7, 11) is 0. The van der Waals surface area contributed by atoms with Gasteiger partial charge < -0.3 is 9.47 Å². The van der Waals surface area contributed by atoms with E-state index in [0.717, 1.165) is 15.6 Å². The highest BCUT2D eigenvalue weighted by Gasteiger charge is 2.00. The van der Waals surface area contributed by atoms with Gasteiger partial charge in [0, 0.05) is 4.47 Å². The minimum Gasteiger partial charge on any atom is -0.463 e. The minimum atomic E-state index is 0.205. The van der Waals surface area contributed by atoms with Crippen molar-refractivity contribution < 1.29 is 19.1 Å². The van der Waals surface area contributed by atoms with Gasteiger partial charge in [0.15, 0.2) is 0 Å². The summed E-state index contributed by atoms with van der Waals surface area (Å²) < 4.78 is 10.1. The number of carbonyl (C=O) groups is 2. The summed E-state index contributed by atoms with van der Waals surface area (Å²) in [5, 5.41) is 0. The Morgan fingerprint density at radius 2 is 1.47 bits per heavy atom. The lowest BCUT2D eigenvalue weighted by Gasteiger charge is -2.05. The highest BCUT2D eigenvalue weighted by Crippen LogP contribution is 2.17. The van der Waals surface area contributed by atoms with Gasteiger partial charge in [-0.1, -0.05) is 15.9 Å². The fourth-order valence-corrected chi connectivity index (χ4v) is 1.73. The van der Waals surface area contributed by atoms with E-state index >= 15 is 0 Å². The highest BCUT2D eigenvalue weighted by molar-refractivity contribution is 9.10. The molecule has 0 amide bonds. The molecule has 80 valence electrons. The molecule has 0 saturated carbocycles. The quantitative estimate of drug-likeness (QED) is 0.741. The van der Waals surface area contributed by atoms with Gasteiger partial charge in [0.25, 0.3) is 12.9 Å². The van der Waals surface area contributed by atoms with Crippen molar-refractivity contribution in [2.75, 3.05) is 0 Å². The number of rotatable bonds is 6. The van der Waals surface area contributed by atoms with Crippen LogP contribution in [0.25, 0.3) is 0 Å². The molecule has 0 saturated heterocycles. The summed E-state index contributed by atoms with van der Waals surface area (Å²) in [6.07, 6.45) is 0. The van der Waals surface area contributed by atoms with Crippen LogP contribution in [0.15, 0.2) is 22.7 Å². The average molecular weight is 273 g/mol. The topological polar surface area (TPSA) is 52.6 Å². The Labute approximate surface area is 95.3 Å². The molecule has 0 spiro atoms. The molecule has 1 rings (SSSR count). The number of hydrogen-bond acceptors (Lipinski definition) is 4. The SMILES string of the molecule is O=COCc1cc(Br)cc(COC=O)c1. The molecule has 0 bridgehead atoms. The molecule has 0 heterocycles. The van der Waals surface area contributed by atoms with Crippen LogP contribution in [0.3, 0.4) is 0 Å². The van der Waals surface area contributed by atoms with E-state index in [0.29, 0.717) is 12.9 Å². The average Bonchev–Trinajstić information content (AvgIpc) is 2.23. The van der Waals surface area contributed by atoms with Crippen LogP contribution < -0.4 is 0 Å². The van der Waals surface area contributed by atoms with Crippen LogP contribution in [0.5, 0.6) is 0 Å². The van der Waals surface area contributed by atoms with Crippen molar-refractivity contribution in [2.24, 2.45) is 0 Å². The van der Waals surface area contributed by atoms with Crippen LogP contribution in [0.1, 0.15) is 11.1 Å². The van der Waals surface area contributed by atoms with Crippen molar-refractivity contribution in [3.63, 3.8) is 0 Å². The first-order chi connectivity index (χ1) is 7.26. The van der Waals surface area contributed by atoms with Crippen molar-refractivity contribution in [2.45, 2.75) is 13.2 Å². The molecule has 1 aromatic rings. The van der Waals surface area contributed by atoms with Crippen molar-refractivity contribution in [1.82, 2.24) is 0 Å². The van der Waals surface area contributed by atoms with E-state index in [1.807, 2.05) is 12.1 Å². The lowest BCUT2D eigenvalue weighted by Crippen LogP contribution is -1.95. The Balaban J connectivity index is 2.74. The standard InChI is InChI=1S/C10H9BrO4/c11-10-2-8(4-14-6-12)1-9(3-10)5-15-7-13/h1-3,6-7H,4-5H2. The molecule has 5 heteroatoms. The van der Waals surface area contributed by atoms with E-state index in [4.69, 9.17) is 0 Å². The van der Waals surface area contributed by atoms with Gasteiger partial charge in [-0.25, -0.2) is 0 Å². The third kappa shape index (κ3) is 4.12. The van der Waals surface area contributed by atoms with Crippen LogP contribution in [0.4, 0.5) is 0 Å². The first kappa shape index (κ1) is 11.7. The predicted octanol–water partition coefficient (Wildman–Crippen LogP) is 1.80. The summed E-state index contributed by atoms with van der Waals surface area (Å²) in [5.74, 6) is 0. The molecule has 0 aliphatic carbocycles. The van der Waals surface area contributed by atoms with Gasteiger partial charge in [-0.2, -0.15) is 0 Å². The second-order valence-electron chi connectivity index (χ2n) is 2.78. The first-order valence-corrected chi connectivity index (χ1v) is 4.94. The van der Waals surface area contributed by atoms with Crippen LogP contribution in [0, 0.1) is 0 Å². The molecule has 15 heavy (non-hydrogen) atoms. The van der Waals surface area contributed by atoms with Crippen LogP contribution >= 0.6 is 15.9 Å². The second-order valence-corrected chi connectivity index (χ2v) is 3.70.